The van der Waals surface area contributed by atoms with Crippen LogP contribution in [0.15, 0.2) is 34.5 Å². The third kappa shape index (κ3) is 2.81. The van der Waals surface area contributed by atoms with E-state index in [0.29, 0.717) is 34.3 Å². The monoisotopic (exact) mass is 296 g/mol. The number of hydrogen-bond donors (Lipinski definition) is 3. The molecular weight excluding hydrogens is 280 g/mol. The molecule has 22 heavy (non-hydrogen) atoms. The van der Waals surface area contributed by atoms with Crippen LogP contribution in [0.1, 0.15) is 5.56 Å². The van der Waals surface area contributed by atoms with E-state index in [9.17, 15) is 5.11 Å². The minimum absolute atomic E-state index is 0.0418. The van der Waals surface area contributed by atoms with Crippen LogP contribution in [0.4, 0.5) is 28.7 Å². The second-order valence-electron chi connectivity index (χ2n) is 4.43. The minimum atomic E-state index is 0.0418. The molecule has 3 N–H and O–H groups in total. The molecule has 7 heteroatoms. The Morgan fingerprint density at radius 3 is 2.41 bits per heavy atom. The van der Waals surface area contributed by atoms with Gasteiger partial charge in [0.15, 0.2) is 5.82 Å². The number of rotatable bonds is 4. The van der Waals surface area contributed by atoms with Crippen molar-refractivity contribution in [2.45, 2.75) is 6.92 Å². The molecule has 0 aliphatic carbocycles. The summed E-state index contributed by atoms with van der Waals surface area (Å²) >= 11 is 0. The summed E-state index contributed by atoms with van der Waals surface area (Å²) in [6, 6.07) is 6.65. The van der Waals surface area contributed by atoms with Crippen molar-refractivity contribution < 1.29 is 5.11 Å². The Morgan fingerprint density at radius 1 is 1.14 bits per heavy atom. The number of para-hydroxylation sites is 1. The molecule has 0 atom stereocenters. The van der Waals surface area contributed by atoms with Gasteiger partial charge in [0.2, 0.25) is 5.69 Å². The number of pyridine rings is 1. The number of hydrogen-bond acceptors (Lipinski definition) is 6. The average Bonchev–Trinajstić information content (AvgIpc) is 2.54. The van der Waals surface area contributed by atoms with Crippen LogP contribution in [0.3, 0.4) is 0 Å². The molecule has 1 aromatic carbocycles. The molecule has 2 aromatic rings. The van der Waals surface area contributed by atoms with E-state index >= 15 is 0 Å². The lowest BCUT2D eigenvalue weighted by Crippen LogP contribution is -2.00. The van der Waals surface area contributed by atoms with E-state index in [1.807, 2.05) is 0 Å². The Kier molecular flexibility index (Phi) is 4.53. The predicted octanol–water partition coefficient (Wildman–Crippen LogP) is 4.15. The summed E-state index contributed by atoms with van der Waals surface area (Å²) in [7, 11) is 3.43. The van der Waals surface area contributed by atoms with Gasteiger partial charge in [0.05, 0.1) is 6.57 Å². The van der Waals surface area contributed by atoms with Crippen LogP contribution in [-0.2, 0) is 0 Å². The molecule has 1 aromatic heterocycles. The number of phenols is 1. The fourth-order valence-electron chi connectivity index (χ4n) is 1.95. The van der Waals surface area contributed by atoms with Crippen LogP contribution in [0.5, 0.6) is 5.75 Å². The van der Waals surface area contributed by atoms with Crippen molar-refractivity contribution in [2.24, 2.45) is 10.2 Å². The topological polar surface area (TPSA) is 86.3 Å². The molecule has 0 amide bonds. The molecule has 0 fully saturated rings. The zero-order valence-corrected chi connectivity index (χ0v) is 12.5. The van der Waals surface area contributed by atoms with Gasteiger partial charge in [-0.05, 0) is 24.6 Å². The highest BCUT2D eigenvalue weighted by Crippen LogP contribution is 2.40. The highest BCUT2D eigenvalue weighted by Gasteiger charge is 2.16. The summed E-state index contributed by atoms with van der Waals surface area (Å²) in [4.78, 5) is 7.82. The standard InChI is InChI=1S/C15H16N6O/c1-9-12(16-2)14(17-3)19-15(18-4)13(9)21-20-10-7-5-6-8-11(10)22/h5-8,22H,1,3-4H3,(H2,17,18,19). The van der Waals surface area contributed by atoms with Gasteiger partial charge < -0.3 is 15.7 Å². The van der Waals surface area contributed by atoms with Gasteiger partial charge in [-0.3, -0.25) is 0 Å². The maximum Gasteiger partial charge on any atom is 0.233 e. The summed E-state index contributed by atoms with van der Waals surface area (Å²) in [5.41, 5.74) is 1.88. The third-order valence-corrected chi connectivity index (χ3v) is 3.11. The van der Waals surface area contributed by atoms with E-state index < -0.39 is 0 Å². The van der Waals surface area contributed by atoms with Crippen molar-refractivity contribution >= 4 is 28.7 Å². The van der Waals surface area contributed by atoms with Gasteiger partial charge in [-0.1, -0.05) is 12.1 Å². The van der Waals surface area contributed by atoms with Crippen LogP contribution >= 0.6 is 0 Å². The molecule has 0 saturated carbocycles. The molecule has 0 unspecified atom stereocenters. The highest BCUT2D eigenvalue weighted by molar-refractivity contribution is 5.81. The molecule has 0 aliphatic heterocycles. The van der Waals surface area contributed by atoms with Crippen LogP contribution in [0.2, 0.25) is 0 Å². The molecule has 2 rings (SSSR count). The molecule has 0 radical (unpaired) electrons. The van der Waals surface area contributed by atoms with Crippen LogP contribution < -0.4 is 10.6 Å². The lowest BCUT2D eigenvalue weighted by atomic mass is 10.2. The fourth-order valence-corrected chi connectivity index (χ4v) is 1.95. The highest BCUT2D eigenvalue weighted by atomic mass is 16.3. The van der Waals surface area contributed by atoms with Gasteiger partial charge in [0.25, 0.3) is 0 Å². The van der Waals surface area contributed by atoms with Crippen LogP contribution in [0.25, 0.3) is 4.85 Å². The van der Waals surface area contributed by atoms with E-state index in [1.165, 1.54) is 6.07 Å². The number of anilines is 2. The molecule has 0 spiro atoms. The lowest BCUT2D eigenvalue weighted by Gasteiger charge is -2.12. The van der Waals surface area contributed by atoms with Gasteiger partial charge in [0.1, 0.15) is 22.9 Å². The smallest absolute Gasteiger partial charge is 0.233 e. The van der Waals surface area contributed by atoms with Crippen molar-refractivity contribution in [1.82, 2.24) is 4.98 Å². The first-order chi connectivity index (χ1) is 10.6. The summed E-state index contributed by atoms with van der Waals surface area (Å²) in [5.74, 6) is 1.03. The first kappa shape index (κ1) is 15.3. The van der Waals surface area contributed by atoms with Crippen molar-refractivity contribution in [3.05, 3.63) is 41.2 Å². The summed E-state index contributed by atoms with van der Waals surface area (Å²) in [6.07, 6.45) is 0. The Morgan fingerprint density at radius 2 is 1.82 bits per heavy atom. The van der Waals surface area contributed by atoms with E-state index in [-0.39, 0.29) is 5.75 Å². The Bertz CT molecular complexity index is 763. The predicted molar refractivity (Wildman–Crippen MR) is 86.6 cm³/mol. The normalized spacial score (nSPS) is 10.5. The van der Waals surface area contributed by atoms with Gasteiger partial charge >= 0.3 is 0 Å². The summed E-state index contributed by atoms with van der Waals surface area (Å²) in [6.45, 7) is 9.08. The average molecular weight is 296 g/mol. The van der Waals surface area contributed by atoms with Gasteiger partial charge in [0, 0.05) is 14.1 Å². The zero-order valence-electron chi connectivity index (χ0n) is 12.5. The number of aromatic hydroxyl groups is 1. The van der Waals surface area contributed by atoms with Gasteiger partial charge in [-0.2, -0.15) is 0 Å². The molecule has 0 aliphatic rings. The number of nitrogens with one attached hydrogen (secondary N) is 2. The maximum atomic E-state index is 9.72. The Labute approximate surface area is 128 Å². The second kappa shape index (κ2) is 6.54. The van der Waals surface area contributed by atoms with Crippen molar-refractivity contribution in [2.75, 3.05) is 24.7 Å². The molecule has 1 heterocycles. The molecule has 0 saturated heterocycles. The fraction of sp³-hybridized carbons (Fsp3) is 0.200. The van der Waals surface area contributed by atoms with Gasteiger partial charge in [-0.25, -0.2) is 9.83 Å². The minimum Gasteiger partial charge on any atom is -0.506 e. The lowest BCUT2D eigenvalue weighted by molar-refractivity contribution is 0.476. The molecule has 7 nitrogen and oxygen atoms in total. The first-order valence-electron chi connectivity index (χ1n) is 6.59. The Balaban J connectivity index is 2.56. The molecule has 0 bridgehead atoms. The van der Waals surface area contributed by atoms with Crippen molar-refractivity contribution in [3.63, 3.8) is 0 Å². The number of benzene rings is 1. The quantitative estimate of drug-likeness (QED) is 0.584. The van der Waals surface area contributed by atoms with Gasteiger partial charge in [-0.15, -0.1) is 10.2 Å². The SMILES string of the molecule is [C-]#[N+]c1c(NC)nc(NC)c(N=Nc2ccccc2O)c1C. The van der Waals surface area contributed by atoms with E-state index in [0.717, 1.165) is 0 Å². The van der Waals surface area contributed by atoms with E-state index in [2.05, 4.69) is 30.7 Å². The van der Waals surface area contributed by atoms with Crippen molar-refractivity contribution in [3.8, 4) is 5.75 Å². The maximum absolute atomic E-state index is 9.72. The second-order valence-corrected chi connectivity index (χ2v) is 4.43. The number of aromatic nitrogens is 1. The summed E-state index contributed by atoms with van der Waals surface area (Å²) in [5, 5.41) is 23.8. The zero-order chi connectivity index (χ0) is 16.1. The number of nitrogens with zero attached hydrogens (tertiary/aromatic N) is 4. The molecular formula is C15H16N6O. The third-order valence-electron chi connectivity index (χ3n) is 3.11. The largest absolute Gasteiger partial charge is 0.506 e. The number of phenolic OH excluding ortho intramolecular Hbond substituents is 1. The van der Waals surface area contributed by atoms with Crippen molar-refractivity contribution in [1.29, 1.82) is 0 Å². The van der Waals surface area contributed by atoms with E-state index in [4.69, 9.17) is 6.57 Å². The molecule has 112 valence electrons. The van der Waals surface area contributed by atoms with E-state index in [1.54, 1.807) is 39.2 Å². The number of azo groups is 1. The van der Waals surface area contributed by atoms with Crippen LogP contribution in [-0.4, -0.2) is 24.2 Å². The first-order valence-corrected chi connectivity index (χ1v) is 6.59. The Hall–Kier alpha value is -3.14. The van der Waals surface area contributed by atoms with Crippen LogP contribution in [0, 0.1) is 13.5 Å². The summed E-state index contributed by atoms with van der Waals surface area (Å²) < 4.78 is 0.